The van der Waals surface area contributed by atoms with Crippen molar-refractivity contribution >= 4 is 23.4 Å². The third-order valence-corrected chi connectivity index (χ3v) is 3.54. The molecule has 0 aromatic heterocycles. The van der Waals surface area contributed by atoms with Gasteiger partial charge in [-0.3, -0.25) is 14.9 Å². The lowest BCUT2D eigenvalue weighted by molar-refractivity contribution is -0.385. The highest BCUT2D eigenvalue weighted by Gasteiger charge is 2.21. The molecule has 0 aliphatic rings. The van der Waals surface area contributed by atoms with E-state index in [1.165, 1.54) is 23.9 Å². The Balaban J connectivity index is 2.92. The van der Waals surface area contributed by atoms with Gasteiger partial charge in [0.1, 0.15) is 5.56 Å². The first-order valence-electron chi connectivity index (χ1n) is 6.23. The molecule has 0 heterocycles. The van der Waals surface area contributed by atoms with E-state index in [4.69, 9.17) is 5.11 Å². The Morgan fingerprint density at radius 1 is 1.55 bits per heavy atom. The fraction of sp³-hybridized carbons (Fsp3) is 0.462. The molecule has 1 atom stereocenters. The maximum Gasteiger partial charge on any atom is 0.282 e. The first kappa shape index (κ1) is 16.5. The number of aliphatic hydroxyl groups excluding tert-OH is 1. The number of benzene rings is 1. The molecule has 0 radical (unpaired) electrons. The van der Waals surface area contributed by atoms with Gasteiger partial charge in [0.25, 0.3) is 11.6 Å². The topological polar surface area (TPSA) is 92.5 Å². The zero-order valence-electron chi connectivity index (χ0n) is 11.5. The van der Waals surface area contributed by atoms with Crippen LogP contribution in [0.25, 0.3) is 0 Å². The van der Waals surface area contributed by atoms with Crippen LogP contribution in [0.15, 0.2) is 23.1 Å². The van der Waals surface area contributed by atoms with Crippen LogP contribution in [-0.2, 0) is 0 Å². The van der Waals surface area contributed by atoms with Crippen LogP contribution in [0.4, 0.5) is 5.69 Å². The Kier molecular flexibility index (Phi) is 6.47. The Bertz CT molecular complexity index is 493. The van der Waals surface area contributed by atoms with Gasteiger partial charge in [-0.25, -0.2) is 0 Å². The van der Waals surface area contributed by atoms with Gasteiger partial charge in [-0.15, -0.1) is 11.8 Å². The predicted molar refractivity (Wildman–Crippen MR) is 78.1 cm³/mol. The van der Waals surface area contributed by atoms with Crippen LogP contribution in [0.2, 0.25) is 0 Å². The molecule has 0 aliphatic carbocycles. The first-order chi connectivity index (χ1) is 9.49. The van der Waals surface area contributed by atoms with Crippen molar-refractivity contribution in [1.29, 1.82) is 0 Å². The SMILES string of the molecule is CSc1ccc([N+](=O)[O-])c(C(=O)NC(C)CCCO)c1. The quantitative estimate of drug-likeness (QED) is 0.457. The number of carbonyl (C=O) groups is 1. The molecule has 0 saturated heterocycles. The maximum absolute atomic E-state index is 12.1. The highest BCUT2D eigenvalue weighted by atomic mass is 32.2. The molecular formula is C13H18N2O4S. The van der Waals surface area contributed by atoms with Crippen molar-refractivity contribution in [3.05, 3.63) is 33.9 Å². The van der Waals surface area contributed by atoms with E-state index in [0.29, 0.717) is 12.8 Å². The van der Waals surface area contributed by atoms with Crippen molar-refractivity contribution in [3.8, 4) is 0 Å². The number of aliphatic hydroxyl groups is 1. The summed E-state index contributed by atoms with van der Waals surface area (Å²) in [4.78, 5) is 23.3. The zero-order valence-corrected chi connectivity index (χ0v) is 12.3. The van der Waals surface area contributed by atoms with E-state index in [1.54, 1.807) is 13.0 Å². The van der Waals surface area contributed by atoms with Gasteiger partial charge < -0.3 is 10.4 Å². The molecule has 1 aromatic carbocycles. The van der Waals surface area contributed by atoms with Crippen LogP contribution in [0.5, 0.6) is 0 Å². The van der Waals surface area contributed by atoms with Crippen molar-refractivity contribution in [2.24, 2.45) is 0 Å². The van der Waals surface area contributed by atoms with Crippen LogP contribution in [-0.4, -0.2) is 34.8 Å². The molecule has 6 nitrogen and oxygen atoms in total. The van der Waals surface area contributed by atoms with E-state index >= 15 is 0 Å². The molecule has 0 bridgehead atoms. The first-order valence-corrected chi connectivity index (χ1v) is 7.46. The number of hydrogen-bond acceptors (Lipinski definition) is 5. The number of nitro benzene ring substituents is 1. The largest absolute Gasteiger partial charge is 0.396 e. The van der Waals surface area contributed by atoms with Gasteiger partial charge in [0.15, 0.2) is 0 Å². The zero-order chi connectivity index (χ0) is 15.1. The lowest BCUT2D eigenvalue weighted by Crippen LogP contribution is -2.33. The number of nitro groups is 1. The monoisotopic (exact) mass is 298 g/mol. The third-order valence-electron chi connectivity index (χ3n) is 2.82. The summed E-state index contributed by atoms with van der Waals surface area (Å²) in [5.74, 6) is -0.460. The van der Waals surface area contributed by atoms with Crippen LogP contribution >= 0.6 is 11.8 Å². The van der Waals surface area contributed by atoms with Gasteiger partial charge in [0, 0.05) is 23.6 Å². The van der Waals surface area contributed by atoms with Gasteiger partial charge >= 0.3 is 0 Å². The van der Waals surface area contributed by atoms with Crippen LogP contribution in [0.3, 0.4) is 0 Å². The fourth-order valence-electron chi connectivity index (χ4n) is 1.75. The van der Waals surface area contributed by atoms with E-state index < -0.39 is 10.8 Å². The van der Waals surface area contributed by atoms with Gasteiger partial charge in [0.2, 0.25) is 0 Å². The highest BCUT2D eigenvalue weighted by molar-refractivity contribution is 7.98. The van der Waals surface area contributed by atoms with E-state index in [9.17, 15) is 14.9 Å². The average molecular weight is 298 g/mol. The molecule has 2 N–H and O–H groups in total. The Hall–Kier alpha value is -1.60. The summed E-state index contributed by atoms with van der Waals surface area (Å²) in [6.07, 6.45) is 3.04. The van der Waals surface area contributed by atoms with Crippen LogP contribution in [0.1, 0.15) is 30.1 Å². The minimum Gasteiger partial charge on any atom is -0.396 e. The Labute approximate surface area is 121 Å². The molecule has 0 saturated carbocycles. The summed E-state index contributed by atoms with van der Waals surface area (Å²) in [6, 6.07) is 4.34. The molecule has 1 unspecified atom stereocenters. The number of nitrogens with one attached hydrogen (secondary N) is 1. The lowest BCUT2D eigenvalue weighted by Gasteiger charge is -2.13. The summed E-state index contributed by atoms with van der Waals surface area (Å²) < 4.78 is 0. The number of rotatable bonds is 7. The summed E-state index contributed by atoms with van der Waals surface area (Å²) in [6.45, 7) is 1.86. The predicted octanol–water partition coefficient (Wildman–Crippen LogP) is 2.21. The van der Waals surface area contributed by atoms with E-state index in [0.717, 1.165) is 4.90 Å². The van der Waals surface area contributed by atoms with Gasteiger partial charge in [-0.1, -0.05) is 0 Å². The maximum atomic E-state index is 12.1. The molecule has 0 spiro atoms. The summed E-state index contributed by atoms with van der Waals surface area (Å²) >= 11 is 1.42. The van der Waals surface area contributed by atoms with Crippen molar-refractivity contribution in [1.82, 2.24) is 5.32 Å². The van der Waals surface area contributed by atoms with Gasteiger partial charge in [-0.05, 0) is 38.2 Å². The van der Waals surface area contributed by atoms with Crippen molar-refractivity contribution in [3.63, 3.8) is 0 Å². The molecule has 7 heteroatoms. The van der Waals surface area contributed by atoms with Gasteiger partial charge in [0.05, 0.1) is 4.92 Å². The van der Waals surface area contributed by atoms with E-state index in [1.807, 2.05) is 6.26 Å². The molecule has 1 amide bonds. The van der Waals surface area contributed by atoms with Crippen molar-refractivity contribution in [2.45, 2.75) is 30.7 Å². The Morgan fingerprint density at radius 2 is 2.25 bits per heavy atom. The minimum absolute atomic E-state index is 0.0579. The highest BCUT2D eigenvalue weighted by Crippen LogP contribution is 2.24. The van der Waals surface area contributed by atoms with Gasteiger partial charge in [-0.2, -0.15) is 0 Å². The fourth-order valence-corrected chi connectivity index (χ4v) is 2.19. The summed E-state index contributed by atoms with van der Waals surface area (Å²) in [7, 11) is 0. The smallest absolute Gasteiger partial charge is 0.282 e. The standard InChI is InChI=1S/C13H18N2O4S/c1-9(4-3-7-16)14-13(17)11-8-10(20-2)5-6-12(11)15(18)19/h5-6,8-9,16H,3-4,7H2,1-2H3,(H,14,17). The molecule has 0 fully saturated rings. The molecule has 110 valence electrons. The third kappa shape index (κ3) is 4.50. The van der Waals surface area contributed by atoms with E-state index in [-0.39, 0.29) is 23.9 Å². The van der Waals surface area contributed by atoms with Crippen molar-refractivity contribution in [2.75, 3.05) is 12.9 Å². The molecule has 20 heavy (non-hydrogen) atoms. The normalized spacial score (nSPS) is 11.9. The second-order valence-electron chi connectivity index (χ2n) is 4.38. The van der Waals surface area contributed by atoms with E-state index in [2.05, 4.69) is 5.32 Å². The molecule has 1 aromatic rings. The lowest BCUT2D eigenvalue weighted by atomic mass is 10.1. The van der Waals surface area contributed by atoms with Crippen LogP contribution in [0, 0.1) is 10.1 Å². The summed E-state index contributed by atoms with van der Waals surface area (Å²) in [5.41, 5.74) is -0.132. The average Bonchev–Trinajstić information content (AvgIpc) is 2.44. The van der Waals surface area contributed by atoms with Crippen molar-refractivity contribution < 1.29 is 14.8 Å². The minimum atomic E-state index is -0.558. The number of amides is 1. The second-order valence-corrected chi connectivity index (χ2v) is 5.26. The number of thioether (sulfide) groups is 1. The molecule has 1 rings (SSSR count). The number of carbonyl (C=O) groups excluding carboxylic acids is 1. The Morgan fingerprint density at radius 3 is 2.80 bits per heavy atom. The molecular weight excluding hydrogens is 280 g/mol. The summed E-state index contributed by atoms with van der Waals surface area (Å²) in [5, 5.41) is 22.4. The second kappa shape index (κ2) is 7.86. The molecule has 0 aliphatic heterocycles. The number of nitrogens with zero attached hydrogens (tertiary/aromatic N) is 1. The number of hydrogen-bond donors (Lipinski definition) is 2. The van der Waals surface area contributed by atoms with Crippen LogP contribution < -0.4 is 5.32 Å².